The molecule has 2 heterocycles. The van der Waals surface area contributed by atoms with Crippen molar-refractivity contribution < 1.29 is 14.3 Å². The molecule has 1 aromatic rings. The second kappa shape index (κ2) is 7.97. The number of fused-ring (bicyclic) bond motifs is 1. The summed E-state index contributed by atoms with van der Waals surface area (Å²) in [6.07, 6.45) is 0.201. The van der Waals surface area contributed by atoms with Gasteiger partial charge in [-0.3, -0.25) is 14.5 Å². The van der Waals surface area contributed by atoms with Crippen molar-refractivity contribution in [2.75, 3.05) is 38.2 Å². The molecule has 0 saturated carbocycles. The lowest BCUT2D eigenvalue weighted by Gasteiger charge is -2.37. The summed E-state index contributed by atoms with van der Waals surface area (Å²) < 4.78 is 5.43. The largest absolute Gasteiger partial charge is 0.379 e. The molecule has 1 saturated heterocycles. The lowest BCUT2D eigenvalue weighted by molar-refractivity contribution is -0.126. The Morgan fingerprint density at radius 2 is 2.04 bits per heavy atom. The van der Waals surface area contributed by atoms with E-state index in [1.54, 1.807) is 0 Å². The molecule has 0 aromatic heterocycles. The minimum atomic E-state index is -0.414. The van der Waals surface area contributed by atoms with Gasteiger partial charge in [0.15, 0.2) is 0 Å². The first-order valence-corrected chi connectivity index (χ1v) is 9.04. The number of hydrogen-bond donors (Lipinski definition) is 2. The van der Waals surface area contributed by atoms with E-state index in [1.807, 2.05) is 24.3 Å². The van der Waals surface area contributed by atoms with Gasteiger partial charge in [0.1, 0.15) is 0 Å². The van der Waals surface area contributed by atoms with Crippen LogP contribution in [0.2, 0.25) is 0 Å². The molecule has 25 heavy (non-hydrogen) atoms. The fourth-order valence-electron chi connectivity index (χ4n) is 3.67. The number of anilines is 1. The molecule has 2 atom stereocenters. The molecule has 2 aliphatic rings. The van der Waals surface area contributed by atoms with Crippen LogP contribution in [0.1, 0.15) is 31.7 Å². The smallest absolute Gasteiger partial charge is 0.228 e. The van der Waals surface area contributed by atoms with Crippen molar-refractivity contribution in [2.45, 2.75) is 32.2 Å². The Labute approximate surface area is 148 Å². The SMILES string of the molecule is CC(C)[C@H](CNC(=O)[C@H]1CC(=O)Nc2ccccc21)N1CCOCC1. The summed E-state index contributed by atoms with van der Waals surface area (Å²) in [4.78, 5) is 27.1. The second-order valence-corrected chi connectivity index (χ2v) is 7.10. The summed E-state index contributed by atoms with van der Waals surface area (Å²) in [5, 5.41) is 5.93. The van der Waals surface area contributed by atoms with Gasteiger partial charge in [-0.2, -0.15) is 0 Å². The van der Waals surface area contributed by atoms with E-state index in [1.165, 1.54) is 0 Å². The number of benzene rings is 1. The summed E-state index contributed by atoms with van der Waals surface area (Å²) in [5.41, 5.74) is 1.64. The molecule has 2 aliphatic heterocycles. The zero-order valence-electron chi connectivity index (χ0n) is 15.0. The highest BCUT2D eigenvalue weighted by molar-refractivity contribution is 6.01. The minimum absolute atomic E-state index is 0.0683. The zero-order chi connectivity index (χ0) is 17.8. The highest BCUT2D eigenvalue weighted by atomic mass is 16.5. The molecular weight excluding hydrogens is 318 g/mol. The highest BCUT2D eigenvalue weighted by Gasteiger charge is 2.31. The van der Waals surface area contributed by atoms with Gasteiger partial charge < -0.3 is 15.4 Å². The van der Waals surface area contributed by atoms with E-state index in [0.717, 1.165) is 37.6 Å². The number of hydrogen-bond acceptors (Lipinski definition) is 4. The molecule has 0 bridgehead atoms. The fraction of sp³-hybridized carbons (Fsp3) is 0.579. The molecule has 0 aliphatic carbocycles. The van der Waals surface area contributed by atoms with Gasteiger partial charge in [-0.25, -0.2) is 0 Å². The van der Waals surface area contributed by atoms with Crippen molar-refractivity contribution in [3.05, 3.63) is 29.8 Å². The van der Waals surface area contributed by atoms with Crippen LogP contribution in [0.25, 0.3) is 0 Å². The van der Waals surface area contributed by atoms with E-state index in [0.29, 0.717) is 12.5 Å². The Hall–Kier alpha value is -1.92. The molecule has 136 valence electrons. The number of rotatable bonds is 5. The first-order valence-electron chi connectivity index (χ1n) is 9.04. The van der Waals surface area contributed by atoms with Gasteiger partial charge >= 0.3 is 0 Å². The Balaban J connectivity index is 1.66. The first kappa shape index (κ1) is 17.9. The maximum absolute atomic E-state index is 12.8. The van der Waals surface area contributed by atoms with E-state index in [2.05, 4.69) is 29.4 Å². The van der Waals surface area contributed by atoms with E-state index in [-0.39, 0.29) is 24.3 Å². The molecule has 1 fully saturated rings. The number of nitrogens with zero attached hydrogens (tertiary/aromatic N) is 1. The molecule has 6 heteroatoms. The third-order valence-electron chi connectivity index (χ3n) is 5.09. The van der Waals surface area contributed by atoms with Crippen LogP contribution in [0.5, 0.6) is 0 Å². The van der Waals surface area contributed by atoms with Gasteiger partial charge in [0.25, 0.3) is 0 Å². The van der Waals surface area contributed by atoms with Crippen LogP contribution >= 0.6 is 0 Å². The second-order valence-electron chi connectivity index (χ2n) is 7.10. The van der Waals surface area contributed by atoms with Gasteiger partial charge in [0.05, 0.1) is 19.1 Å². The normalized spacial score (nSPS) is 22.2. The summed E-state index contributed by atoms with van der Waals surface area (Å²) in [6, 6.07) is 7.81. The van der Waals surface area contributed by atoms with Crippen molar-refractivity contribution in [3.8, 4) is 0 Å². The molecule has 1 aromatic carbocycles. The van der Waals surface area contributed by atoms with Crippen LogP contribution in [0.4, 0.5) is 5.69 Å². The van der Waals surface area contributed by atoms with Gasteiger partial charge in [-0.15, -0.1) is 0 Å². The van der Waals surface area contributed by atoms with Crippen LogP contribution in [0, 0.1) is 5.92 Å². The average Bonchev–Trinajstić information content (AvgIpc) is 2.61. The number of carbonyl (C=O) groups excluding carboxylic acids is 2. The Morgan fingerprint density at radius 1 is 1.32 bits per heavy atom. The number of ether oxygens (including phenoxy) is 1. The Morgan fingerprint density at radius 3 is 2.76 bits per heavy atom. The Bertz CT molecular complexity index is 626. The van der Waals surface area contributed by atoms with Crippen LogP contribution in [0.15, 0.2) is 24.3 Å². The predicted octanol–water partition coefficient (Wildman–Crippen LogP) is 1.59. The topological polar surface area (TPSA) is 70.7 Å². The van der Waals surface area contributed by atoms with Crippen molar-refractivity contribution in [1.29, 1.82) is 0 Å². The van der Waals surface area contributed by atoms with Gasteiger partial charge in [0, 0.05) is 37.8 Å². The maximum Gasteiger partial charge on any atom is 0.228 e. The summed E-state index contributed by atoms with van der Waals surface area (Å²) >= 11 is 0. The van der Waals surface area contributed by atoms with Crippen LogP contribution in [-0.2, 0) is 14.3 Å². The fourth-order valence-corrected chi connectivity index (χ4v) is 3.67. The predicted molar refractivity (Wildman–Crippen MR) is 96.5 cm³/mol. The molecule has 0 unspecified atom stereocenters. The number of nitrogens with one attached hydrogen (secondary N) is 2. The minimum Gasteiger partial charge on any atom is -0.379 e. The van der Waals surface area contributed by atoms with Crippen molar-refractivity contribution in [2.24, 2.45) is 5.92 Å². The van der Waals surface area contributed by atoms with Crippen molar-refractivity contribution in [3.63, 3.8) is 0 Å². The van der Waals surface area contributed by atoms with Crippen LogP contribution in [-0.4, -0.2) is 55.6 Å². The number of carbonyl (C=O) groups is 2. The van der Waals surface area contributed by atoms with E-state index in [9.17, 15) is 9.59 Å². The van der Waals surface area contributed by atoms with Gasteiger partial charge in [-0.1, -0.05) is 32.0 Å². The lowest BCUT2D eigenvalue weighted by atomic mass is 9.89. The Kier molecular flexibility index (Phi) is 5.71. The van der Waals surface area contributed by atoms with E-state index < -0.39 is 5.92 Å². The molecule has 0 spiro atoms. The molecule has 2 N–H and O–H groups in total. The van der Waals surface area contributed by atoms with E-state index >= 15 is 0 Å². The molecular formula is C19H27N3O3. The highest BCUT2D eigenvalue weighted by Crippen LogP contribution is 2.32. The molecule has 0 radical (unpaired) electrons. The first-order chi connectivity index (χ1) is 12.1. The summed E-state index contributed by atoms with van der Waals surface area (Å²) in [7, 11) is 0. The van der Waals surface area contributed by atoms with Gasteiger partial charge in [0.2, 0.25) is 11.8 Å². The number of para-hydroxylation sites is 1. The maximum atomic E-state index is 12.8. The number of amides is 2. The average molecular weight is 345 g/mol. The van der Waals surface area contributed by atoms with E-state index in [4.69, 9.17) is 4.74 Å². The molecule has 3 rings (SSSR count). The number of morpholine rings is 1. The van der Waals surface area contributed by atoms with Crippen LogP contribution < -0.4 is 10.6 Å². The van der Waals surface area contributed by atoms with Gasteiger partial charge in [-0.05, 0) is 17.5 Å². The van der Waals surface area contributed by atoms with Crippen molar-refractivity contribution >= 4 is 17.5 Å². The van der Waals surface area contributed by atoms with Crippen molar-refractivity contribution in [1.82, 2.24) is 10.2 Å². The molecule has 2 amide bonds. The third kappa shape index (κ3) is 4.19. The lowest BCUT2D eigenvalue weighted by Crippen LogP contribution is -2.51. The monoisotopic (exact) mass is 345 g/mol. The van der Waals surface area contributed by atoms with Crippen LogP contribution in [0.3, 0.4) is 0 Å². The summed E-state index contributed by atoms with van der Waals surface area (Å²) in [6.45, 7) is 8.23. The summed E-state index contributed by atoms with van der Waals surface area (Å²) in [5.74, 6) is -0.156. The standard InChI is InChI=1S/C19H27N3O3/c1-13(2)17(22-7-9-25-10-8-22)12-20-19(24)15-11-18(23)21-16-6-4-3-5-14(15)16/h3-6,13,15,17H,7-12H2,1-2H3,(H,20,24)(H,21,23)/t15-,17-/m0/s1. The zero-order valence-corrected chi connectivity index (χ0v) is 15.0. The third-order valence-corrected chi connectivity index (χ3v) is 5.09. The quantitative estimate of drug-likeness (QED) is 0.850. The molecule has 6 nitrogen and oxygen atoms in total.